The second-order valence-corrected chi connectivity index (χ2v) is 17.1. The molecule has 320 valence electrons. The number of primary amides is 1. The van der Waals surface area contributed by atoms with E-state index in [1.165, 1.54) is 12.3 Å². The first-order chi connectivity index (χ1) is 29.1. The first-order valence-electron chi connectivity index (χ1n) is 21.5. The third-order valence-electron chi connectivity index (χ3n) is 13.1. The van der Waals surface area contributed by atoms with Crippen LogP contribution >= 0.6 is 0 Å². The third-order valence-corrected chi connectivity index (χ3v) is 13.1. The van der Waals surface area contributed by atoms with Crippen molar-refractivity contribution in [2.75, 3.05) is 79.0 Å². The molecule has 4 heterocycles. The number of carbonyl (C=O) groups is 4. The molecule has 1 unspecified atom stereocenters. The Hall–Kier alpha value is -5.22. The van der Waals surface area contributed by atoms with E-state index in [9.17, 15) is 19.2 Å². The lowest BCUT2D eigenvalue weighted by Gasteiger charge is -2.41. The van der Waals surface area contributed by atoms with Crippen LogP contribution in [-0.4, -0.2) is 110 Å². The smallest absolute Gasteiger partial charge is 0.253 e. The van der Waals surface area contributed by atoms with Crippen LogP contribution in [0.25, 0.3) is 11.3 Å². The van der Waals surface area contributed by atoms with Gasteiger partial charge >= 0.3 is 0 Å². The highest BCUT2D eigenvalue weighted by Gasteiger charge is 2.34. The Morgan fingerprint density at radius 1 is 0.900 bits per heavy atom. The summed E-state index contributed by atoms with van der Waals surface area (Å²) in [5, 5.41) is 5.38. The number of morpholine rings is 1. The number of amides is 4. The second-order valence-electron chi connectivity index (χ2n) is 17.1. The lowest BCUT2D eigenvalue weighted by Crippen LogP contribution is -2.48. The van der Waals surface area contributed by atoms with Gasteiger partial charge in [0.15, 0.2) is 5.82 Å². The summed E-state index contributed by atoms with van der Waals surface area (Å²) in [5.41, 5.74) is 8.17. The predicted octanol–water partition coefficient (Wildman–Crippen LogP) is 4.48. The minimum atomic E-state index is -0.567. The molecule has 60 heavy (non-hydrogen) atoms. The van der Waals surface area contributed by atoms with E-state index in [1.54, 1.807) is 35.2 Å². The number of nitrogens with one attached hydrogen (secondary N) is 2. The fourth-order valence-corrected chi connectivity index (χ4v) is 9.67. The van der Waals surface area contributed by atoms with Crippen molar-refractivity contribution in [2.24, 2.45) is 23.5 Å². The topological polar surface area (TPSA) is 166 Å². The van der Waals surface area contributed by atoms with Gasteiger partial charge < -0.3 is 30.5 Å². The number of piperidine rings is 1. The van der Waals surface area contributed by atoms with Gasteiger partial charge in [0.1, 0.15) is 24.2 Å². The molecule has 1 atom stereocenters. The molecule has 5 aliphatic rings. The van der Waals surface area contributed by atoms with E-state index >= 15 is 8.78 Å². The number of anilines is 4. The number of rotatable bonds is 12. The molecule has 4 N–H and O–H groups in total. The highest BCUT2D eigenvalue weighted by atomic mass is 19.1. The minimum Gasteiger partial charge on any atom is -0.374 e. The normalized spacial score (nSPS) is 25.5. The van der Waals surface area contributed by atoms with Crippen molar-refractivity contribution in [1.82, 2.24) is 20.2 Å². The average molecular weight is 828 g/mol. The monoisotopic (exact) mass is 827 g/mol. The predicted molar refractivity (Wildman–Crippen MR) is 223 cm³/mol. The maximum atomic E-state index is 15.5. The van der Waals surface area contributed by atoms with E-state index in [4.69, 9.17) is 15.5 Å². The SMILES string of the molecule is NC(=O)C1CCC(N(CC2CCC(CN3CCN(c4ccc(NC5CCC(=O)NC5=O)cc4F)CC3)CC2)c2ncc(F)c(-c3cccc(N4CCOCC4=O)c3)n2)CC1. The molecule has 2 aliphatic carbocycles. The van der Waals surface area contributed by atoms with E-state index in [0.29, 0.717) is 85.9 Å². The number of hydrogen-bond acceptors (Lipinski definition) is 11. The number of imide groups is 1. The lowest BCUT2D eigenvalue weighted by atomic mass is 9.80. The Labute approximate surface area is 349 Å². The summed E-state index contributed by atoms with van der Waals surface area (Å²) >= 11 is 0. The van der Waals surface area contributed by atoms with Crippen molar-refractivity contribution in [1.29, 1.82) is 0 Å². The molecule has 14 nitrogen and oxygen atoms in total. The average Bonchev–Trinajstić information content (AvgIpc) is 3.25. The number of aromatic nitrogens is 2. The van der Waals surface area contributed by atoms with Crippen LogP contribution in [0.15, 0.2) is 48.7 Å². The maximum Gasteiger partial charge on any atom is 0.253 e. The Balaban J connectivity index is 0.873. The third kappa shape index (κ3) is 9.70. The van der Waals surface area contributed by atoms with Crippen LogP contribution in [0, 0.1) is 29.4 Å². The summed E-state index contributed by atoms with van der Waals surface area (Å²) in [7, 11) is 0. The Kier molecular flexibility index (Phi) is 12.9. The Morgan fingerprint density at radius 2 is 1.67 bits per heavy atom. The van der Waals surface area contributed by atoms with E-state index in [-0.39, 0.29) is 60.1 Å². The molecule has 1 aromatic heterocycles. The van der Waals surface area contributed by atoms with Crippen LogP contribution in [0.3, 0.4) is 0 Å². The van der Waals surface area contributed by atoms with E-state index in [1.807, 2.05) is 6.07 Å². The number of piperazine rings is 1. The molecule has 3 aromatic rings. The molecule has 2 aromatic carbocycles. The molecule has 5 fully saturated rings. The summed E-state index contributed by atoms with van der Waals surface area (Å²) in [6, 6.07) is 11.7. The van der Waals surface area contributed by atoms with Crippen LogP contribution in [0.2, 0.25) is 0 Å². The van der Waals surface area contributed by atoms with Gasteiger partial charge in [0.25, 0.3) is 5.91 Å². The Bertz CT molecular complexity index is 2050. The molecule has 0 bridgehead atoms. The lowest BCUT2D eigenvalue weighted by molar-refractivity contribution is -0.133. The van der Waals surface area contributed by atoms with Crippen LogP contribution < -0.4 is 31.1 Å². The number of nitrogens with zero attached hydrogens (tertiary/aromatic N) is 6. The molecule has 4 amide bonds. The molecule has 3 saturated heterocycles. The van der Waals surface area contributed by atoms with Crippen molar-refractivity contribution in [3.63, 3.8) is 0 Å². The number of ether oxygens (including phenoxy) is 1. The van der Waals surface area contributed by atoms with Crippen molar-refractivity contribution >= 4 is 46.6 Å². The van der Waals surface area contributed by atoms with E-state index in [0.717, 1.165) is 64.7 Å². The van der Waals surface area contributed by atoms with Gasteiger partial charge in [-0.15, -0.1) is 0 Å². The van der Waals surface area contributed by atoms with E-state index < -0.39 is 11.9 Å². The van der Waals surface area contributed by atoms with Crippen molar-refractivity contribution in [2.45, 2.75) is 76.3 Å². The van der Waals surface area contributed by atoms with Gasteiger partial charge in [0.2, 0.25) is 23.7 Å². The van der Waals surface area contributed by atoms with Crippen molar-refractivity contribution < 1.29 is 32.7 Å². The fourth-order valence-electron chi connectivity index (χ4n) is 9.67. The molecular formula is C44H55F2N9O5. The number of nitrogens with two attached hydrogens (primary N) is 1. The molecule has 0 radical (unpaired) electrons. The van der Waals surface area contributed by atoms with Gasteiger partial charge in [0.05, 0.1) is 18.5 Å². The number of benzene rings is 2. The first kappa shape index (κ1) is 41.5. The van der Waals surface area contributed by atoms with Gasteiger partial charge in [-0.25, -0.2) is 18.7 Å². The first-order valence-corrected chi connectivity index (χ1v) is 21.5. The maximum absolute atomic E-state index is 15.5. The van der Waals surface area contributed by atoms with E-state index in [2.05, 4.69) is 30.3 Å². The Morgan fingerprint density at radius 3 is 2.38 bits per heavy atom. The molecule has 0 spiro atoms. The van der Waals surface area contributed by atoms with Crippen LogP contribution in [-0.2, 0) is 23.9 Å². The standard InChI is InChI=1S/C44H55F2N9O5/c45-35-23-32(49-37-13-15-39(56)50-43(37)59)10-14-38(35)53-18-16-52(17-19-53)25-28-4-6-29(7-5-28)26-55(33-11-8-30(9-12-33)42(47)58)44-48-24-36(46)41(51-44)31-2-1-3-34(22-31)54-20-21-60-27-40(54)57/h1-3,10,14,22-24,28-30,33,37,49H,4-9,11-13,15-21,25-27H2,(H2,47,58)(H,50,56,59). The summed E-state index contributed by atoms with van der Waals surface area (Å²) in [4.78, 5) is 66.1. The zero-order valence-corrected chi connectivity index (χ0v) is 34.0. The zero-order chi connectivity index (χ0) is 41.8. The fraction of sp³-hybridized carbons (Fsp3) is 0.545. The van der Waals surface area contributed by atoms with Gasteiger partial charge in [0, 0.05) is 81.1 Å². The highest BCUT2D eigenvalue weighted by Crippen LogP contribution is 2.36. The van der Waals surface area contributed by atoms with Crippen LogP contribution in [0.4, 0.5) is 31.8 Å². The molecule has 16 heteroatoms. The van der Waals surface area contributed by atoms with Gasteiger partial charge in [-0.1, -0.05) is 12.1 Å². The summed E-state index contributed by atoms with van der Waals surface area (Å²) in [6.07, 6.45) is 9.08. The summed E-state index contributed by atoms with van der Waals surface area (Å²) in [6.45, 7) is 5.72. The number of hydrogen-bond donors (Lipinski definition) is 3. The highest BCUT2D eigenvalue weighted by molar-refractivity contribution is 6.01. The van der Waals surface area contributed by atoms with Crippen LogP contribution in [0.5, 0.6) is 0 Å². The van der Waals surface area contributed by atoms with Crippen molar-refractivity contribution in [3.05, 3.63) is 60.3 Å². The largest absolute Gasteiger partial charge is 0.374 e. The second kappa shape index (κ2) is 18.6. The number of carbonyl (C=O) groups excluding carboxylic acids is 4. The summed E-state index contributed by atoms with van der Waals surface area (Å²) < 4.78 is 36.2. The number of halogens is 2. The van der Waals surface area contributed by atoms with Gasteiger partial charge in [-0.3, -0.25) is 29.4 Å². The molecule has 3 aliphatic heterocycles. The van der Waals surface area contributed by atoms with Gasteiger partial charge in [-0.2, -0.15) is 0 Å². The molecular weight excluding hydrogens is 773 g/mol. The quantitative estimate of drug-likeness (QED) is 0.221. The molecule has 8 rings (SSSR count). The van der Waals surface area contributed by atoms with Gasteiger partial charge in [-0.05, 0) is 100.0 Å². The zero-order valence-electron chi connectivity index (χ0n) is 34.0. The van der Waals surface area contributed by atoms with Crippen molar-refractivity contribution in [3.8, 4) is 11.3 Å². The molecule has 2 saturated carbocycles. The summed E-state index contributed by atoms with van der Waals surface area (Å²) in [5.74, 6) is -0.682. The van der Waals surface area contributed by atoms with Crippen LogP contribution in [0.1, 0.15) is 64.2 Å². The minimum absolute atomic E-state index is 0.0114.